The van der Waals surface area contributed by atoms with Gasteiger partial charge in [-0.15, -0.1) is 12.4 Å². The molecule has 1 saturated carbocycles. The Morgan fingerprint density at radius 2 is 1.88 bits per heavy atom. The first-order valence-corrected chi connectivity index (χ1v) is 8.73. The van der Waals surface area contributed by atoms with Crippen molar-refractivity contribution >= 4 is 23.8 Å². The van der Waals surface area contributed by atoms with Crippen LogP contribution in [0.1, 0.15) is 36.9 Å². The van der Waals surface area contributed by atoms with Crippen LogP contribution in [-0.4, -0.2) is 30.0 Å². The van der Waals surface area contributed by atoms with E-state index in [9.17, 15) is 0 Å². The number of pyridine rings is 1. The number of anilines is 2. The average Bonchev–Trinajstić information content (AvgIpc) is 3.41. The topological polar surface area (TPSA) is 19.4 Å². The van der Waals surface area contributed by atoms with Gasteiger partial charge in [0.1, 0.15) is 0 Å². The van der Waals surface area contributed by atoms with Crippen molar-refractivity contribution in [3.8, 4) is 0 Å². The van der Waals surface area contributed by atoms with Gasteiger partial charge in [0.2, 0.25) is 0 Å². The second-order valence-electron chi connectivity index (χ2n) is 7.01. The summed E-state index contributed by atoms with van der Waals surface area (Å²) in [6.45, 7) is 4.87. The minimum absolute atomic E-state index is 0. The van der Waals surface area contributed by atoms with Crippen LogP contribution in [0.3, 0.4) is 0 Å². The Morgan fingerprint density at radius 1 is 1.12 bits per heavy atom. The molecular weight excluding hydrogens is 318 g/mol. The highest BCUT2D eigenvalue weighted by molar-refractivity contribution is 5.85. The number of halogens is 1. The molecule has 0 bridgehead atoms. The smallest absolute Gasteiger partial charge is 0.0438 e. The van der Waals surface area contributed by atoms with Gasteiger partial charge in [-0.25, -0.2) is 0 Å². The van der Waals surface area contributed by atoms with Gasteiger partial charge >= 0.3 is 0 Å². The average molecular weight is 344 g/mol. The van der Waals surface area contributed by atoms with E-state index in [1.54, 1.807) is 0 Å². The minimum atomic E-state index is 0. The van der Waals surface area contributed by atoms with Crippen molar-refractivity contribution in [1.82, 2.24) is 9.88 Å². The Labute approximate surface area is 151 Å². The van der Waals surface area contributed by atoms with E-state index < -0.39 is 0 Å². The molecule has 0 saturated heterocycles. The fourth-order valence-corrected chi connectivity index (χ4v) is 3.66. The fraction of sp³-hybridized carbons (Fsp3) is 0.450. The van der Waals surface area contributed by atoms with E-state index in [0.29, 0.717) is 6.04 Å². The van der Waals surface area contributed by atoms with Crippen LogP contribution in [0.5, 0.6) is 0 Å². The molecule has 1 atom stereocenters. The number of hydrogen-bond acceptors (Lipinski definition) is 3. The summed E-state index contributed by atoms with van der Waals surface area (Å²) in [7, 11) is 2.13. The lowest BCUT2D eigenvalue weighted by Crippen LogP contribution is -2.35. The highest BCUT2D eigenvalue weighted by Gasteiger charge is 2.30. The van der Waals surface area contributed by atoms with Crippen LogP contribution in [0.4, 0.5) is 11.4 Å². The van der Waals surface area contributed by atoms with E-state index in [0.717, 1.165) is 5.92 Å². The van der Waals surface area contributed by atoms with Crippen LogP contribution >= 0.6 is 12.4 Å². The maximum atomic E-state index is 4.11. The number of benzene rings is 1. The second kappa shape index (κ2) is 7.12. The third-order valence-corrected chi connectivity index (χ3v) is 5.42. The molecule has 2 aliphatic rings. The molecule has 4 heteroatoms. The molecule has 1 aromatic heterocycles. The van der Waals surface area contributed by atoms with Crippen LogP contribution in [-0.2, 0) is 6.42 Å². The molecule has 1 aromatic carbocycles. The van der Waals surface area contributed by atoms with Crippen molar-refractivity contribution in [1.29, 1.82) is 0 Å². The van der Waals surface area contributed by atoms with Gasteiger partial charge in [0, 0.05) is 49.9 Å². The van der Waals surface area contributed by atoms with Crippen molar-refractivity contribution in [2.45, 2.75) is 32.2 Å². The summed E-state index contributed by atoms with van der Waals surface area (Å²) in [6, 6.07) is 11.6. The summed E-state index contributed by atoms with van der Waals surface area (Å²) >= 11 is 0. The molecule has 0 spiro atoms. The quantitative estimate of drug-likeness (QED) is 0.808. The number of fused-ring (bicyclic) bond motifs is 1. The van der Waals surface area contributed by atoms with Gasteiger partial charge in [-0.2, -0.15) is 0 Å². The molecule has 1 unspecified atom stereocenters. The van der Waals surface area contributed by atoms with Crippen molar-refractivity contribution in [2.75, 3.05) is 25.0 Å². The number of hydrogen-bond donors (Lipinski definition) is 0. The molecule has 128 valence electrons. The highest BCUT2D eigenvalue weighted by atomic mass is 35.5. The summed E-state index contributed by atoms with van der Waals surface area (Å²) in [6.07, 6.45) is 7.75. The van der Waals surface area contributed by atoms with Crippen LogP contribution in [0.2, 0.25) is 0 Å². The molecule has 1 aliphatic carbocycles. The predicted octanol–water partition coefficient (Wildman–Crippen LogP) is 4.60. The number of rotatable bonds is 4. The van der Waals surface area contributed by atoms with Gasteiger partial charge in [-0.05, 0) is 67.5 Å². The normalized spacial score (nSPS) is 20.2. The van der Waals surface area contributed by atoms with E-state index in [4.69, 9.17) is 0 Å². The van der Waals surface area contributed by atoms with E-state index >= 15 is 0 Å². The molecule has 1 fully saturated rings. The van der Waals surface area contributed by atoms with Crippen LogP contribution in [0.15, 0.2) is 42.7 Å². The summed E-state index contributed by atoms with van der Waals surface area (Å²) in [5, 5.41) is 0. The largest absolute Gasteiger partial charge is 0.345 e. The molecular formula is C20H26ClN3. The molecule has 24 heavy (non-hydrogen) atoms. The second-order valence-corrected chi connectivity index (χ2v) is 7.01. The Morgan fingerprint density at radius 3 is 2.58 bits per heavy atom. The monoisotopic (exact) mass is 343 g/mol. The Hall–Kier alpha value is -1.58. The van der Waals surface area contributed by atoms with Crippen molar-refractivity contribution < 1.29 is 0 Å². The first-order valence-electron chi connectivity index (χ1n) is 8.73. The van der Waals surface area contributed by atoms with Gasteiger partial charge in [0.15, 0.2) is 0 Å². The lowest BCUT2D eigenvalue weighted by molar-refractivity contribution is 0.190. The summed E-state index contributed by atoms with van der Waals surface area (Å²) in [5.74, 6) is 0.960. The summed E-state index contributed by atoms with van der Waals surface area (Å²) in [5.41, 5.74) is 5.47. The zero-order valence-corrected chi connectivity index (χ0v) is 15.3. The van der Waals surface area contributed by atoms with Crippen LogP contribution in [0, 0.1) is 5.92 Å². The minimum Gasteiger partial charge on any atom is -0.345 e. The van der Waals surface area contributed by atoms with Crippen molar-refractivity contribution in [3.63, 3.8) is 0 Å². The molecule has 0 amide bonds. The first-order chi connectivity index (χ1) is 11.2. The lowest BCUT2D eigenvalue weighted by Gasteiger charge is -2.36. The SMILES string of the molecule is CC1c2cc(N(C)c3ccncc3)ccc2CCN1CC1CC1.Cl. The molecule has 1 aliphatic heterocycles. The van der Waals surface area contributed by atoms with Gasteiger partial charge in [-0.1, -0.05) is 6.07 Å². The number of aromatic nitrogens is 1. The van der Waals surface area contributed by atoms with Crippen LogP contribution < -0.4 is 4.90 Å². The van der Waals surface area contributed by atoms with Crippen molar-refractivity contribution in [3.05, 3.63) is 53.9 Å². The third kappa shape index (κ3) is 3.42. The zero-order valence-electron chi connectivity index (χ0n) is 14.5. The van der Waals surface area contributed by atoms with Gasteiger partial charge in [0.25, 0.3) is 0 Å². The molecule has 0 N–H and O–H groups in total. The maximum absolute atomic E-state index is 4.11. The van der Waals surface area contributed by atoms with Crippen LogP contribution in [0.25, 0.3) is 0 Å². The zero-order chi connectivity index (χ0) is 15.8. The summed E-state index contributed by atoms with van der Waals surface area (Å²) < 4.78 is 0. The highest BCUT2D eigenvalue weighted by Crippen LogP contribution is 2.37. The van der Waals surface area contributed by atoms with Gasteiger partial charge < -0.3 is 4.90 Å². The molecule has 0 radical (unpaired) electrons. The van der Waals surface area contributed by atoms with E-state index in [1.807, 2.05) is 12.4 Å². The standard InChI is InChI=1S/C20H25N3.ClH/c1-15-20-13-19(22(2)18-7-10-21-11-8-18)6-5-17(20)9-12-23(15)14-16-3-4-16;/h5-8,10-11,13,15-16H,3-4,9,12,14H2,1-2H3;1H. The van der Waals surface area contributed by atoms with E-state index in [2.05, 4.69) is 59.1 Å². The number of nitrogens with zero attached hydrogens (tertiary/aromatic N) is 3. The van der Waals surface area contributed by atoms with Gasteiger partial charge in [-0.3, -0.25) is 9.88 Å². The molecule has 2 aromatic rings. The van der Waals surface area contributed by atoms with E-state index in [1.165, 1.54) is 54.9 Å². The molecule has 3 nitrogen and oxygen atoms in total. The Kier molecular flexibility index (Phi) is 5.12. The van der Waals surface area contributed by atoms with E-state index in [-0.39, 0.29) is 12.4 Å². The third-order valence-electron chi connectivity index (χ3n) is 5.42. The summed E-state index contributed by atoms with van der Waals surface area (Å²) in [4.78, 5) is 9.04. The Balaban J connectivity index is 0.00000169. The first kappa shape index (κ1) is 17.2. The molecule has 2 heterocycles. The maximum Gasteiger partial charge on any atom is 0.0438 e. The lowest BCUT2D eigenvalue weighted by atomic mass is 9.92. The Bertz CT molecular complexity index is 685. The fourth-order valence-electron chi connectivity index (χ4n) is 3.66. The van der Waals surface area contributed by atoms with Crippen molar-refractivity contribution in [2.24, 2.45) is 5.92 Å². The predicted molar refractivity (Wildman–Crippen MR) is 102 cm³/mol. The molecule has 4 rings (SSSR count). The van der Waals surface area contributed by atoms with Gasteiger partial charge in [0.05, 0.1) is 0 Å².